The second-order valence-corrected chi connectivity index (χ2v) is 5.08. The minimum atomic E-state index is 0.403. The van der Waals surface area contributed by atoms with Crippen molar-refractivity contribution in [3.05, 3.63) is 12.3 Å². The topological polar surface area (TPSA) is 12.0 Å². The van der Waals surface area contributed by atoms with Crippen LogP contribution in [0.5, 0.6) is 0 Å². The Morgan fingerprint density at radius 2 is 1.94 bits per heavy atom. The van der Waals surface area contributed by atoms with E-state index in [0.717, 1.165) is 0 Å². The second-order valence-electron chi connectivity index (χ2n) is 5.08. The fourth-order valence-electron chi connectivity index (χ4n) is 2.06. The van der Waals surface area contributed by atoms with Gasteiger partial charge in [-0.3, -0.25) is 0 Å². The van der Waals surface area contributed by atoms with E-state index < -0.39 is 0 Å². The Hall–Kier alpha value is -0.460. The fourth-order valence-corrected chi connectivity index (χ4v) is 2.06. The molecule has 0 aromatic carbocycles. The molecule has 0 heterocycles. The summed E-state index contributed by atoms with van der Waals surface area (Å²) in [5.74, 6) is 0. The predicted molar refractivity (Wildman–Crippen MR) is 74.6 cm³/mol. The Morgan fingerprint density at radius 1 is 1.38 bits per heavy atom. The summed E-state index contributed by atoms with van der Waals surface area (Å²) in [5.41, 5.74) is 1.67. The molecule has 1 heteroatoms. The lowest BCUT2D eigenvalue weighted by Crippen LogP contribution is -2.38. The maximum atomic E-state index is 4.19. The minimum Gasteiger partial charge on any atom is -0.386 e. The van der Waals surface area contributed by atoms with Crippen molar-refractivity contribution in [2.45, 2.75) is 79.2 Å². The van der Waals surface area contributed by atoms with Crippen LogP contribution in [-0.4, -0.2) is 6.04 Å². The summed E-state index contributed by atoms with van der Waals surface area (Å²) < 4.78 is 0. The molecule has 0 aromatic heterocycles. The van der Waals surface area contributed by atoms with Crippen LogP contribution in [0.3, 0.4) is 0 Å². The molecule has 16 heavy (non-hydrogen) atoms. The molecule has 0 aromatic rings. The average Bonchev–Trinajstić information content (AvgIpc) is 2.25. The van der Waals surface area contributed by atoms with Gasteiger partial charge in [0.15, 0.2) is 0 Å². The summed E-state index contributed by atoms with van der Waals surface area (Å²) in [6.45, 7) is 15.0. The van der Waals surface area contributed by atoms with Gasteiger partial charge in [0.1, 0.15) is 0 Å². The molecule has 0 amide bonds. The van der Waals surface area contributed by atoms with E-state index in [1.807, 2.05) is 13.8 Å². The first-order chi connectivity index (χ1) is 7.58. The molecule has 1 saturated carbocycles. The Labute approximate surface area is 103 Å². The van der Waals surface area contributed by atoms with Crippen molar-refractivity contribution in [2.24, 2.45) is 5.41 Å². The highest BCUT2D eigenvalue weighted by atomic mass is 14.9. The number of unbranched alkanes of at least 4 members (excludes halogenated alkanes) is 1. The predicted octanol–water partition coefficient (Wildman–Crippen LogP) is 4.88. The van der Waals surface area contributed by atoms with E-state index in [9.17, 15) is 0 Å². The first-order valence-electron chi connectivity index (χ1n) is 7.04. The normalized spacial score (nSPS) is 18.8. The number of nitrogens with one attached hydrogen (secondary N) is 1. The maximum Gasteiger partial charge on any atom is 0.0230 e. The van der Waals surface area contributed by atoms with Crippen LogP contribution in [0.2, 0.25) is 0 Å². The summed E-state index contributed by atoms with van der Waals surface area (Å²) in [6, 6.07) is 0.597. The van der Waals surface area contributed by atoms with Crippen LogP contribution in [0, 0.1) is 5.41 Å². The van der Waals surface area contributed by atoms with Crippen molar-refractivity contribution in [1.29, 1.82) is 0 Å². The number of rotatable bonds is 6. The summed E-state index contributed by atoms with van der Waals surface area (Å²) in [6.07, 6.45) is 7.89. The monoisotopic (exact) mass is 225 g/mol. The van der Waals surface area contributed by atoms with Gasteiger partial charge in [0.05, 0.1) is 0 Å². The van der Waals surface area contributed by atoms with Crippen LogP contribution in [0.1, 0.15) is 73.1 Å². The minimum absolute atomic E-state index is 0.403. The third-order valence-corrected chi connectivity index (χ3v) is 3.60. The largest absolute Gasteiger partial charge is 0.386 e. The first-order valence-corrected chi connectivity index (χ1v) is 7.04. The van der Waals surface area contributed by atoms with Gasteiger partial charge in [-0.2, -0.15) is 0 Å². The van der Waals surface area contributed by atoms with Crippen molar-refractivity contribution in [3.8, 4) is 0 Å². The third kappa shape index (κ3) is 4.59. The lowest BCUT2D eigenvalue weighted by molar-refractivity contribution is 0.197. The van der Waals surface area contributed by atoms with Crippen LogP contribution in [0.4, 0.5) is 0 Å². The summed E-state index contributed by atoms with van der Waals surface area (Å²) in [7, 11) is 0. The van der Waals surface area contributed by atoms with Crippen molar-refractivity contribution >= 4 is 0 Å². The van der Waals surface area contributed by atoms with Crippen LogP contribution in [0.15, 0.2) is 12.3 Å². The van der Waals surface area contributed by atoms with E-state index >= 15 is 0 Å². The smallest absolute Gasteiger partial charge is 0.0230 e. The van der Waals surface area contributed by atoms with Gasteiger partial charge in [-0.15, -0.1) is 0 Å². The van der Waals surface area contributed by atoms with Crippen LogP contribution >= 0.6 is 0 Å². The molecule has 1 aliphatic rings. The fraction of sp³-hybridized carbons (Fsp3) is 0.867. The van der Waals surface area contributed by atoms with Gasteiger partial charge >= 0.3 is 0 Å². The molecule has 1 rings (SSSR count). The van der Waals surface area contributed by atoms with Gasteiger partial charge in [0.25, 0.3) is 0 Å². The molecule has 1 N–H and O–H groups in total. The highest BCUT2D eigenvalue weighted by Gasteiger charge is 2.34. The Bertz CT molecular complexity index is 192. The lowest BCUT2D eigenvalue weighted by Gasteiger charge is -2.41. The van der Waals surface area contributed by atoms with Crippen molar-refractivity contribution in [3.63, 3.8) is 0 Å². The molecule has 0 saturated heterocycles. The van der Waals surface area contributed by atoms with Gasteiger partial charge in [-0.1, -0.05) is 53.5 Å². The maximum absolute atomic E-state index is 4.19. The molecule has 0 aliphatic heterocycles. The summed E-state index contributed by atoms with van der Waals surface area (Å²) >= 11 is 0. The van der Waals surface area contributed by atoms with Crippen LogP contribution in [0.25, 0.3) is 0 Å². The van der Waals surface area contributed by atoms with E-state index in [2.05, 4.69) is 32.7 Å². The second kappa shape index (κ2) is 7.76. The highest BCUT2D eigenvalue weighted by Crippen LogP contribution is 2.44. The number of hydrogen-bond acceptors (Lipinski definition) is 1. The molecule has 0 bridgehead atoms. The third-order valence-electron chi connectivity index (χ3n) is 3.60. The van der Waals surface area contributed by atoms with E-state index in [4.69, 9.17) is 0 Å². The lowest BCUT2D eigenvalue weighted by atomic mass is 9.68. The molecular formula is C15H31N. The van der Waals surface area contributed by atoms with Crippen LogP contribution < -0.4 is 5.32 Å². The molecular weight excluding hydrogens is 194 g/mol. The molecule has 1 aliphatic carbocycles. The standard InChI is InChI=1S/C13H25N.C2H6/c1-5-6-8-11(2)14-12(3)13(4)9-7-10-13;1-2/h11,14H,3,5-10H2,1-2,4H3;1-2H3. The van der Waals surface area contributed by atoms with Gasteiger partial charge in [0, 0.05) is 17.2 Å². The quantitative estimate of drug-likeness (QED) is 0.679. The Balaban J connectivity index is 0.00000106. The van der Waals surface area contributed by atoms with Gasteiger partial charge in [0.2, 0.25) is 0 Å². The molecule has 1 nitrogen and oxygen atoms in total. The number of hydrogen-bond donors (Lipinski definition) is 1. The molecule has 1 fully saturated rings. The Kier molecular flexibility index (Phi) is 7.53. The van der Waals surface area contributed by atoms with E-state index in [0.29, 0.717) is 11.5 Å². The summed E-state index contributed by atoms with van der Waals surface area (Å²) in [4.78, 5) is 0. The molecule has 96 valence electrons. The molecule has 1 unspecified atom stereocenters. The summed E-state index contributed by atoms with van der Waals surface area (Å²) in [5, 5.41) is 3.56. The van der Waals surface area contributed by atoms with Crippen molar-refractivity contribution in [1.82, 2.24) is 5.32 Å². The number of allylic oxidation sites excluding steroid dienone is 1. The first kappa shape index (κ1) is 15.5. The zero-order chi connectivity index (χ0) is 12.6. The van der Waals surface area contributed by atoms with E-state index in [-0.39, 0.29) is 0 Å². The van der Waals surface area contributed by atoms with E-state index in [1.165, 1.54) is 44.2 Å². The zero-order valence-electron chi connectivity index (χ0n) is 12.0. The molecule has 1 atom stereocenters. The van der Waals surface area contributed by atoms with Gasteiger partial charge in [-0.05, 0) is 26.2 Å². The van der Waals surface area contributed by atoms with Crippen molar-refractivity contribution < 1.29 is 0 Å². The van der Waals surface area contributed by atoms with Gasteiger partial charge < -0.3 is 5.32 Å². The molecule has 0 spiro atoms. The van der Waals surface area contributed by atoms with Crippen LogP contribution in [-0.2, 0) is 0 Å². The van der Waals surface area contributed by atoms with Crippen molar-refractivity contribution in [2.75, 3.05) is 0 Å². The molecule has 0 radical (unpaired) electrons. The van der Waals surface area contributed by atoms with E-state index in [1.54, 1.807) is 0 Å². The SMILES string of the molecule is C=C(NC(C)CCCC)C1(C)CCC1.CC. The average molecular weight is 225 g/mol. The Morgan fingerprint density at radius 3 is 2.31 bits per heavy atom. The zero-order valence-corrected chi connectivity index (χ0v) is 12.0. The van der Waals surface area contributed by atoms with Gasteiger partial charge in [-0.25, -0.2) is 0 Å². The highest BCUT2D eigenvalue weighted by molar-refractivity contribution is 5.11.